The maximum absolute atomic E-state index is 11.9. The summed E-state index contributed by atoms with van der Waals surface area (Å²) in [6, 6.07) is 0.646. The number of ether oxygens (including phenoxy) is 1. The Balaban J connectivity index is 1.58. The first-order chi connectivity index (χ1) is 8.79. The number of hydrogen-bond acceptors (Lipinski definition) is 3. The first kappa shape index (κ1) is 13.8. The lowest BCUT2D eigenvalue weighted by molar-refractivity contribution is -0.135. The molecule has 2 atom stereocenters. The van der Waals surface area contributed by atoms with E-state index >= 15 is 0 Å². The van der Waals surface area contributed by atoms with Crippen LogP contribution in [0, 0.1) is 5.92 Å². The summed E-state index contributed by atoms with van der Waals surface area (Å²) in [6.45, 7) is 6.02. The molecule has 1 heterocycles. The van der Waals surface area contributed by atoms with Crippen molar-refractivity contribution in [1.29, 1.82) is 0 Å². The highest BCUT2D eigenvalue weighted by Gasteiger charge is 2.23. The normalized spacial score (nSPS) is 28.6. The van der Waals surface area contributed by atoms with Crippen LogP contribution in [0.1, 0.15) is 39.0 Å². The van der Waals surface area contributed by atoms with Gasteiger partial charge in [0.05, 0.1) is 13.2 Å². The molecule has 0 radical (unpaired) electrons. The van der Waals surface area contributed by atoms with Crippen molar-refractivity contribution >= 4 is 5.91 Å². The molecule has 2 aliphatic rings. The molecule has 104 valence electrons. The molecule has 1 aliphatic carbocycles. The largest absolute Gasteiger partial charge is 0.378 e. The van der Waals surface area contributed by atoms with Gasteiger partial charge in [-0.05, 0) is 25.2 Å². The minimum absolute atomic E-state index is 0.274. The Labute approximate surface area is 110 Å². The molecular weight excluding hydrogens is 228 g/mol. The molecule has 1 amide bonds. The van der Waals surface area contributed by atoms with Crippen LogP contribution in [0.2, 0.25) is 0 Å². The molecule has 18 heavy (non-hydrogen) atoms. The molecule has 4 nitrogen and oxygen atoms in total. The van der Waals surface area contributed by atoms with E-state index in [9.17, 15) is 4.79 Å². The molecule has 0 aromatic rings. The Morgan fingerprint density at radius 3 is 2.78 bits per heavy atom. The van der Waals surface area contributed by atoms with Gasteiger partial charge in [-0.2, -0.15) is 0 Å². The van der Waals surface area contributed by atoms with E-state index in [1.54, 1.807) is 0 Å². The van der Waals surface area contributed by atoms with Crippen molar-refractivity contribution in [1.82, 2.24) is 10.2 Å². The van der Waals surface area contributed by atoms with Crippen LogP contribution < -0.4 is 5.32 Å². The molecule has 0 spiro atoms. The fraction of sp³-hybridized carbons (Fsp3) is 0.929. The lowest BCUT2D eigenvalue weighted by Gasteiger charge is -2.27. The Bertz CT molecular complexity index is 265. The van der Waals surface area contributed by atoms with E-state index in [1.807, 2.05) is 4.90 Å². The molecule has 0 aromatic heterocycles. The van der Waals surface area contributed by atoms with Gasteiger partial charge in [0, 0.05) is 32.1 Å². The maximum Gasteiger partial charge on any atom is 0.224 e. The summed E-state index contributed by atoms with van der Waals surface area (Å²) in [5.41, 5.74) is 0. The van der Waals surface area contributed by atoms with E-state index in [4.69, 9.17) is 4.74 Å². The third-order valence-corrected chi connectivity index (χ3v) is 4.25. The quantitative estimate of drug-likeness (QED) is 0.806. The van der Waals surface area contributed by atoms with Gasteiger partial charge in [0.2, 0.25) is 5.91 Å². The zero-order valence-corrected chi connectivity index (χ0v) is 11.5. The summed E-state index contributed by atoms with van der Waals surface area (Å²) in [5.74, 6) is 1.17. The summed E-state index contributed by atoms with van der Waals surface area (Å²) < 4.78 is 5.25. The smallest absolute Gasteiger partial charge is 0.224 e. The highest BCUT2D eigenvalue weighted by atomic mass is 16.5. The lowest BCUT2D eigenvalue weighted by Crippen LogP contribution is -2.42. The summed E-state index contributed by atoms with van der Waals surface area (Å²) in [7, 11) is 0. The topological polar surface area (TPSA) is 41.6 Å². The van der Waals surface area contributed by atoms with Crippen LogP contribution in [0.5, 0.6) is 0 Å². The number of morpholine rings is 1. The Hall–Kier alpha value is -0.610. The molecule has 4 heteroatoms. The van der Waals surface area contributed by atoms with Gasteiger partial charge in [0.15, 0.2) is 0 Å². The zero-order chi connectivity index (χ0) is 12.8. The maximum atomic E-state index is 11.9. The molecule has 1 aliphatic heterocycles. The molecule has 1 N–H and O–H groups in total. The van der Waals surface area contributed by atoms with E-state index in [0.717, 1.165) is 25.6 Å². The van der Waals surface area contributed by atoms with Crippen molar-refractivity contribution < 1.29 is 9.53 Å². The molecule has 2 rings (SSSR count). The van der Waals surface area contributed by atoms with Crippen molar-refractivity contribution in [3.05, 3.63) is 0 Å². The van der Waals surface area contributed by atoms with Crippen LogP contribution in [0.25, 0.3) is 0 Å². The average Bonchev–Trinajstić information content (AvgIpc) is 2.87. The van der Waals surface area contributed by atoms with Crippen LogP contribution in [-0.4, -0.2) is 49.7 Å². The highest BCUT2D eigenvalue weighted by molar-refractivity contribution is 5.76. The molecule has 2 fully saturated rings. The predicted molar refractivity (Wildman–Crippen MR) is 71.4 cm³/mol. The summed E-state index contributed by atoms with van der Waals surface area (Å²) in [4.78, 5) is 13.8. The third-order valence-electron chi connectivity index (χ3n) is 4.25. The van der Waals surface area contributed by atoms with Crippen molar-refractivity contribution in [2.45, 2.75) is 45.1 Å². The second-order valence-electron chi connectivity index (χ2n) is 5.48. The Morgan fingerprint density at radius 2 is 2.11 bits per heavy atom. The molecule has 1 saturated carbocycles. The molecule has 0 aromatic carbocycles. The number of amides is 1. The van der Waals surface area contributed by atoms with Gasteiger partial charge in [-0.3, -0.25) is 4.79 Å². The van der Waals surface area contributed by atoms with Crippen LogP contribution in [0.4, 0.5) is 0 Å². The highest BCUT2D eigenvalue weighted by Crippen LogP contribution is 2.27. The SMILES string of the molecule is CCC1CCC(NCCC(=O)N2CCOCC2)C1. The molecule has 1 saturated heterocycles. The van der Waals surface area contributed by atoms with Gasteiger partial charge < -0.3 is 15.0 Å². The summed E-state index contributed by atoms with van der Waals surface area (Å²) in [5, 5.41) is 3.54. The average molecular weight is 254 g/mol. The number of nitrogens with zero attached hydrogens (tertiary/aromatic N) is 1. The zero-order valence-electron chi connectivity index (χ0n) is 11.5. The molecular formula is C14H26N2O2. The van der Waals surface area contributed by atoms with Gasteiger partial charge >= 0.3 is 0 Å². The number of rotatable bonds is 5. The van der Waals surface area contributed by atoms with Crippen LogP contribution in [0.3, 0.4) is 0 Å². The lowest BCUT2D eigenvalue weighted by atomic mass is 10.1. The van der Waals surface area contributed by atoms with Crippen LogP contribution >= 0.6 is 0 Å². The van der Waals surface area contributed by atoms with E-state index in [0.29, 0.717) is 25.7 Å². The van der Waals surface area contributed by atoms with E-state index < -0.39 is 0 Å². The number of carbonyl (C=O) groups excluding carboxylic acids is 1. The fourth-order valence-corrected chi connectivity index (χ4v) is 2.99. The number of nitrogens with one attached hydrogen (secondary N) is 1. The van der Waals surface area contributed by atoms with Crippen molar-refractivity contribution in [2.75, 3.05) is 32.8 Å². The first-order valence-corrected chi connectivity index (χ1v) is 7.38. The standard InChI is InChI=1S/C14H26N2O2/c1-2-12-3-4-13(11-12)15-6-5-14(17)16-7-9-18-10-8-16/h12-13,15H,2-11H2,1H3. The molecule has 0 bridgehead atoms. The Kier molecular flexibility index (Phi) is 5.45. The van der Waals surface area contributed by atoms with E-state index in [-0.39, 0.29) is 5.91 Å². The second kappa shape index (κ2) is 7.10. The van der Waals surface area contributed by atoms with Gasteiger partial charge in [-0.1, -0.05) is 13.3 Å². The van der Waals surface area contributed by atoms with E-state index in [2.05, 4.69) is 12.2 Å². The third kappa shape index (κ3) is 3.95. The summed E-state index contributed by atoms with van der Waals surface area (Å²) >= 11 is 0. The van der Waals surface area contributed by atoms with Crippen LogP contribution in [-0.2, 0) is 9.53 Å². The summed E-state index contributed by atoms with van der Waals surface area (Å²) in [6.07, 6.45) is 5.86. The Morgan fingerprint density at radius 1 is 1.33 bits per heavy atom. The number of hydrogen-bond donors (Lipinski definition) is 1. The van der Waals surface area contributed by atoms with Crippen molar-refractivity contribution in [3.8, 4) is 0 Å². The first-order valence-electron chi connectivity index (χ1n) is 7.38. The van der Waals surface area contributed by atoms with Gasteiger partial charge in [-0.25, -0.2) is 0 Å². The van der Waals surface area contributed by atoms with Gasteiger partial charge in [0.25, 0.3) is 0 Å². The number of carbonyl (C=O) groups is 1. The van der Waals surface area contributed by atoms with Crippen LogP contribution in [0.15, 0.2) is 0 Å². The minimum atomic E-state index is 0.274. The van der Waals surface area contributed by atoms with Gasteiger partial charge in [-0.15, -0.1) is 0 Å². The predicted octanol–water partition coefficient (Wildman–Crippen LogP) is 1.40. The fourth-order valence-electron chi connectivity index (χ4n) is 2.99. The molecule has 2 unspecified atom stereocenters. The minimum Gasteiger partial charge on any atom is -0.378 e. The van der Waals surface area contributed by atoms with E-state index in [1.165, 1.54) is 25.7 Å². The second-order valence-corrected chi connectivity index (χ2v) is 5.48. The van der Waals surface area contributed by atoms with Crippen molar-refractivity contribution in [3.63, 3.8) is 0 Å². The monoisotopic (exact) mass is 254 g/mol. The van der Waals surface area contributed by atoms with Crippen molar-refractivity contribution in [2.24, 2.45) is 5.92 Å². The van der Waals surface area contributed by atoms with Gasteiger partial charge in [0.1, 0.15) is 0 Å².